The van der Waals surface area contributed by atoms with E-state index in [0.717, 1.165) is 6.92 Å². The molecule has 0 fully saturated rings. The van der Waals surface area contributed by atoms with Crippen molar-refractivity contribution in [1.82, 2.24) is 19.9 Å². The topological polar surface area (TPSA) is 180 Å². The van der Waals surface area contributed by atoms with Gasteiger partial charge in [0.15, 0.2) is 0 Å². The highest BCUT2D eigenvalue weighted by molar-refractivity contribution is 5.97. The summed E-state index contributed by atoms with van der Waals surface area (Å²) >= 11 is 0. The van der Waals surface area contributed by atoms with E-state index in [1.54, 1.807) is 0 Å². The van der Waals surface area contributed by atoms with Gasteiger partial charge in [0.2, 0.25) is 23.5 Å². The molecule has 1 atom stereocenters. The molecular formula is C24H26N4O11. The van der Waals surface area contributed by atoms with Crippen molar-refractivity contribution in [2.24, 2.45) is 0 Å². The highest BCUT2D eigenvalue weighted by Gasteiger charge is 2.39. The van der Waals surface area contributed by atoms with Crippen LogP contribution >= 0.6 is 0 Å². The zero-order valence-corrected chi connectivity index (χ0v) is 21.9. The molecule has 0 aliphatic heterocycles. The predicted octanol–water partition coefficient (Wildman–Crippen LogP) is 2.31. The minimum Gasteiger partial charge on any atom is -0.481 e. The van der Waals surface area contributed by atoms with Crippen LogP contribution in [0.25, 0.3) is 0 Å². The van der Waals surface area contributed by atoms with E-state index < -0.39 is 23.3 Å². The van der Waals surface area contributed by atoms with Crippen molar-refractivity contribution in [3.63, 3.8) is 0 Å². The van der Waals surface area contributed by atoms with Gasteiger partial charge in [-0.1, -0.05) is 6.07 Å². The van der Waals surface area contributed by atoms with Crippen LogP contribution in [-0.2, 0) is 14.3 Å². The fraction of sp³-hybridized carbons (Fsp3) is 0.333. The Kier molecular flexibility index (Phi) is 9.22. The van der Waals surface area contributed by atoms with E-state index in [1.807, 2.05) is 0 Å². The number of hydrogen-bond acceptors (Lipinski definition) is 15. The van der Waals surface area contributed by atoms with Crippen LogP contribution in [0.4, 0.5) is 0 Å². The summed E-state index contributed by atoms with van der Waals surface area (Å²) in [5, 5.41) is 10.5. The summed E-state index contributed by atoms with van der Waals surface area (Å²) in [7, 11) is 5.51. The monoisotopic (exact) mass is 546 g/mol. The second-order valence-corrected chi connectivity index (χ2v) is 7.40. The first-order valence-corrected chi connectivity index (χ1v) is 11.2. The van der Waals surface area contributed by atoms with E-state index in [2.05, 4.69) is 19.9 Å². The highest BCUT2D eigenvalue weighted by atomic mass is 16.7. The zero-order valence-electron chi connectivity index (χ0n) is 21.9. The normalized spacial score (nSPS) is 12.0. The Hall–Kier alpha value is -4.92. The summed E-state index contributed by atoms with van der Waals surface area (Å²) in [4.78, 5) is 41.8. The number of benzene rings is 1. The second kappa shape index (κ2) is 12.6. The lowest BCUT2D eigenvalue weighted by Gasteiger charge is -2.22. The first kappa shape index (κ1) is 28.6. The molecule has 208 valence electrons. The predicted molar refractivity (Wildman–Crippen MR) is 130 cm³/mol. The molecule has 0 aliphatic rings. The number of rotatable bonds is 12. The Morgan fingerprint density at radius 1 is 0.795 bits per heavy atom. The van der Waals surface area contributed by atoms with Crippen LogP contribution in [0.5, 0.6) is 47.0 Å². The van der Waals surface area contributed by atoms with E-state index >= 15 is 0 Å². The van der Waals surface area contributed by atoms with E-state index in [1.165, 1.54) is 65.7 Å². The first-order chi connectivity index (χ1) is 18.6. The molecule has 15 heteroatoms. The lowest BCUT2D eigenvalue weighted by atomic mass is 10.1. The largest absolute Gasteiger partial charge is 0.481 e. The molecule has 3 rings (SSSR count). The molecule has 2 heterocycles. The third-order valence-electron chi connectivity index (χ3n) is 4.69. The maximum Gasteiger partial charge on any atom is 0.379 e. The Balaban J connectivity index is 2.10. The molecule has 1 unspecified atom stereocenters. The van der Waals surface area contributed by atoms with Gasteiger partial charge in [0, 0.05) is 6.92 Å². The number of aliphatic hydroxyl groups is 1. The molecule has 0 spiro atoms. The summed E-state index contributed by atoms with van der Waals surface area (Å²) in [5.74, 6) is -5.03. The summed E-state index contributed by atoms with van der Waals surface area (Å²) in [6, 6.07) is 6.48. The van der Waals surface area contributed by atoms with Gasteiger partial charge in [0.25, 0.3) is 0 Å². The standard InChI is InChI=1S/C24H26N4O11/c1-7-36-21(30)24(2,31)39-20(29)19-13(37-22-25-15(32-3)11-16(26-22)33-4)9-8-10-14(19)38-23-27-17(34-5)12-18(28-23)35-6/h8-12,31H,7H2,1-6H3. The number of aromatic nitrogens is 4. The van der Waals surface area contributed by atoms with Crippen LogP contribution in [0.3, 0.4) is 0 Å². The molecule has 0 bridgehead atoms. The van der Waals surface area contributed by atoms with Gasteiger partial charge < -0.3 is 43.0 Å². The van der Waals surface area contributed by atoms with Gasteiger partial charge in [-0.05, 0) is 19.1 Å². The third kappa shape index (κ3) is 7.10. The molecule has 0 saturated heterocycles. The molecule has 2 aromatic heterocycles. The smallest absolute Gasteiger partial charge is 0.379 e. The number of hydrogen-bond donors (Lipinski definition) is 1. The lowest BCUT2D eigenvalue weighted by molar-refractivity contribution is -0.203. The number of methoxy groups -OCH3 is 4. The van der Waals surface area contributed by atoms with Crippen molar-refractivity contribution < 1.29 is 52.6 Å². The second-order valence-electron chi connectivity index (χ2n) is 7.40. The van der Waals surface area contributed by atoms with E-state index in [9.17, 15) is 14.7 Å². The fourth-order valence-electron chi connectivity index (χ4n) is 2.89. The Bertz CT molecular complexity index is 1210. The summed E-state index contributed by atoms with van der Waals surface area (Å²) in [5.41, 5.74) is -0.391. The molecule has 1 N–H and O–H groups in total. The van der Waals surface area contributed by atoms with Crippen LogP contribution in [0.2, 0.25) is 0 Å². The number of ether oxygens (including phenoxy) is 8. The van der Waals surface area contributed by atoms with Crippen molar-refractivity contribution in [1.29, 1.82) is 0 Å². The van der Waals surface area contributed by atoms with Crippen LogP contribution in [0, 0.1) is 0 Å². The number of esters is 2. The minimum atomic E-state index is -2.65. The van der Waals surface area contributed by atoms with Gasteiger partial charge in [-0.25, -0.2) is 9.59 Å². The Labute approximate surface area is 222 Å². The summed E-state index contributed by atoms with van der Waals surface area (Å²) < 4.78 is 41.8. The SMILES string of the molecule is CCOC(=O)C(C)(O)OC(=O)c1c(Oc2nc(OC)cc(OC)n2)cccc1Oc1nc(OC)cc(OC)n1. The molecule has 15 nitrogen and oxygen atoms in total. The van der Waals surface area contributed by atoms with Gasteiger partial charge >= 0.3 is 29.7 Å². The molecule has 0 amide bonds. The maximum atomic E-state index is 13.4. The summed E-state index contributed by atoms with van der Waals surface area (Å²) in [6.45, 7) is 2.40. The van der Waals surface area contributed by atoms with E-state index in [4.69, 9.17) is 37.9 Å². The Morgan fingerprint density at radius 2 is 1.21 bits per heavy atom. The maximum absolute atomic E-state index is 13.4. The average Bonchev–Trinajstić information content (AvgIpc) is 2.92. The molecular weight excluding hydrogens is 520 g/mol. The van der Waals surface area contributed by atoms with E-state index in [0.29, 0.717) is 0 Å². The number of nitrogens with zero attached hydrogens (tertiary/aromatic N) is 4. The average molecular weight is 546 g/mol. The molecule has 0 aliphatic carbocycles. The Morgan fingerprint density at radius 3 is 1.56 bits per heavy atom. The quantitative estimate of drug-likeness (QED) is 0.258. The van der Waals surface area contributed by atoms with E-state index in [-0.39, 0.29) is 53.6 Å². The highest BCUT2D eigenvalue weighted by Crippen LogP contribution is 2.36. The van der Waals surface area contributed by atoms with Gasteiger partial charge in [-0.3, -0.25) is 0 Å². The molecule has 0 radical (unpaired) electrons. The molecule has 39 heavy (non-hydrogen) atoms. The third-order valence-corrected chi connectivity index (χ3v) is 4.69. The lowest BCUT2D eigenvalue weighted by Crippen LogP contribution is -2.41. The van der Waals surface area contributed by atoms with Crippen molar-refractivity contribution >= 4 is 11.9 Å². The van der Waals surface area contributed by atoms with Crippen LogP contribution in [0.1, 0.15) is 24.2 Å². The van der Waals surface area contributed by atoms with Crippen molar-refractivity contribution in [3.8, 4) is 47.0 Å². The number of carbonyl (C=O) groups is 2. The minimum absolute atomic E-state index is 0.0649. The molecule has 0 saturated carbocycles. The van der Waals surface area contributed by atoms with Crippen molar-refractivity contribution in [3.05, 3.63) is 35.9 Å². The molecule has 1 aromatic carbocycles. The number of carbonyl (C=O) groups excluding carboxylic acids is 2. The van der Waals surface area contributed by atoms with Crippen LogP contribution < -0.4 is 28.4 Å². The van der Waals surface area contributed by atoms with Crippen LogP contribution in [0.15, 0.2) is 30.3 Å². The molecule has 3 aromatic rings. The van der Waals surface area contributed by atoms with Gasteiger partial charge in [-0.15, -0.1) is 0 Å². The zero-order chi connectivity index (χ0) is 28.6. The van der Waals surface area contributed by atoms with Crippen molar-refractivity contribution in [2.75, 3.05) is 35.0 Å². The summed E-state index contributed by atoms with van der Waals surface area (Å²) in [6.07, 6.45) is 0. The van der Waals surface area contributed by atoms with Gasteiger partial charge in [0.1, 0.15) is 17.1 Å². The van der Waals surface area contributed by atoms with Crippen molar-refractivity contribution in [2.45, 2.75) is 19.6 Å². The van der Waals surface area contributed by atoms with Crippen LogP contribution in [-0.4, -0.2) is 77.8 Å². The first-order valence-electron chi connectivity index (χ1n) is 11.2. The fourth-order valence-corrected chi connectivity index (χ4v) is 2.89. The van der Waals surface area contributed by atoms with Gasteiger partial charge in [-0.2, -0.15) is 19.9 Å². The van der Waals surface area contributed by atoms with Gasteiger partial charge in [0.05, 0.1) is 47.2 Å².